The molecule has 0 radical (unpaired) electrons. The Labute approximate surface area is 249 Å². The van der Waals surface area contributed by atoms with Crippen LogP contribution in [0.3, 0.4) is 0 Å². The molecule has 0 aliphatic carbocycles. The van der Waals surface area contributed by atoms with Crippen LogP contribution < -0.4 is 0 Å². The van der Waals surface area contributed by atoms with E-state index in [2.05, 4.69) is 30.3 Å². The topological polar surface area (TPSA) is 13.1 Å². The van der Waals surface area contributed by atoms with Gasteiger partial charge in [0, 0.05) is 10.8 Å². The quantitative estimate of drug-likeness (QED) is 0.203. The first-order valence-electron chi connectivity index (χ1n) is 17.9. The van der Waals surface area contributed by atoms with E-state index in [1.165, 1.54) is 0 Å². The third kappa shape index (κ3) is 3.36. The summed E-state index contributed by atoms with van der Waals surface area (Å²) in [6.07, 6.45) is 0. The average Bonchev–Trinajstić information content (AvgIpc) is 3.55. The van der Waals surface area contributed by atoms with E-state index in [4.69, 9.17) is 12.6 Å². The summed E-state index contributed by atoms with van der Waals surface area (Å²) in [7, 11) is 0. The van der Waals surface area contributed by atoms with Crippen LogP contribution in [0.25, 0.3) is 87.3 Å². The number of hydrogen-bond donors (Lipinski definition) is 0. The molecule has 0 fully saturated rings. The van der Waals surface area contributed by atoms with E-state index in [0.29, 0.717) is 5.56 Å². The second kappa shape index (κ2) is 8.55. The summed E-state index contributed by atoms with van der Waals surface area (Å²) in [6.45, 7) is 0. The van der Waals surface area contributed by atoms with Crippen molar-refractivity contribution in [3.8, 4) is 22.3 Å². The molecule has 9 rings (SSSR count). The van der Waals surface area contributed by atoms with Crippen molar-refractivity contribution in [2.24, 2.45) is 0 Å². The van der Waals surface area contributed by atoms with E-state index < -0.39 is 24.2 Å². The molecule has 1 nitrogen and oxygen atoms in total. The lowest BCUT2D eigenvalue weighted by atomic mass is 9.85. The lowest BCUT2D eigenvalue weighted by Gasteiger charge is -2.18. The molecule has 190 valence electrons. The molecule has 0 bridgehead atoms. The lowest BCUT2D eigenvalue weighted by Crippen LogP contribution is -1.91. The van der Waals surface area contributed by atoms with Crippen molar-refractivity contribution in [1.82, 2.24) is 0 Å². The summed E-state index contributed by atoms with van der Waals surface area (Å²) in [6, 6.07) is 26.7. The Bertz CT molecular complexity index is 2920. The van der Waals surface area contributed by atoms with E-state index in [0.717, 1.165) is 43.4 Å². The van der Waals surface area contributed by atoms with Crippen molar-refractivity contribution in [2.75, 3.05) is 0 Å². The van der Waals surface area contributed by atoms with Crippen molar-refractivity contribution in [3.63, 3.8) is 0 Å². The van der Waals surface area contributed by atoms with Gasteiger partial charge in [-0.25, -0.2) is 0 Å². The van der Waals surface area contributed by atoms with Crippen molar-refractivity contribution in [2.45, 2.75) is 0 Å². The van der Waals surface area contributed by atoms with Gasteiger partial charge in [0.2, 0.25) is 0 Å². The van der Waals surface area contributed by atoms with Crippen LogP contribution in [0.15, 0.2) is 150 Å². The van der Waals surface area contributed by atoms with Gasteiger partial charge in [-0.05, 0) is 95.6 Å². The zero-order valence-corrected chi connectivity index (χ0v) is 21.6. The first kappa shape index (κ1) is 15.4. The van der Waals surface area contributed by atoms with Gasteiger partial charge in [-0.1, -0.05) is 115 Å². The van der Waals surface area contributed by atoms with Gasteiger partial charge in [0.05, 0.1) is 12.3 Å². The molecule has 0 unspecified atom stereocenters. The highest BCUT2D eigenvalue weighted by Gasteiger charge is 2.18. The predicted octanol–water partition coefficient (Wildman–Crippen LogP) is 11.5. The maximum atomic E-state index is 9.66. The summed E-state index contributed by atoms with van der Waals surface area (Å²) in [5.74, 6) is 0. The Kier molecular flexibility index (Phi) is 3.21. The van der Waals surface area contributed by atoms with E-state index in [1.54, 1.807) is 0 Å². The SMILES string of the molecule is [2H]c1c(-c2c3ccccc3c(-c3ccc4ccccc4c3)c3ccccc23)c([2H])c2c(oc3c([2H])c4c([2H])c([2H])c([2H])c([2H])c4c([2H])c32)c1[2H]. The minimum absolute atomic E-state index is 0.00340. The molecule has 0 aliphatic heterocycles. The highest BCUT2D eigenvalue weighted by atomic mass is 16.3. The van der Waals surface area contributed by atoms with Gasteiger partial charge in [0.15, 0.2) is 0 Å². The molecule has 0 spiro atoms. The molecule has 0 atom stereocenters. The highest BCUT2D eigenvalue weighted by molar-refractivity contribution is 6.22. The Morgan fingerprint density at radius 1 is 0.415 bits per heavy atom. The fourth-order valence-corrected chi connectivity index (χ4v) is 6.04. The molecule has 0 amide bonds. The van der Waals surface area contributed by atoms with Gasteiger partial charge in [-0.2, -0.15) is 0 Å². The molecule has 8 aromatic carbocycles. The molecular formula is C40H24O. The van der Waals surface area contributed by atoms with Gasteiger partial charge in [-0.15, -0.1) is 0 Å². The van der Waals surface area contributed by atoms with Crippen molar-refractivity contribution < 1.29 is 16.8 Å². The Morgan fingerprint density at radius 2 is 1.00 bits per heavy atom. The minimum atomic E-state index is -0.534. The third-order valence-corrected chi connectivity index (χ3v) is 7.85. The number of furan rings is 1. The van der Waals surface area contributed by atoms with Crippen LogP contribution in [0, 0.1) is 0 Å². The van der Waals surface area contributed by atoms with Gasteiger partial charge >= 0.3 is 0 Å². The summed E-state index contributed by atoms with van der Waals surface area (Å²) in [4.78, 5) is 0. The Morgan fingerprint density at radius 3 is 1.71 bits per heavy atom. The van der Waals surface area contributed by atoms with Crippen molar-refractivity contribution >= 4 is 65.0 Å². The largest absolute Gasteiger partial charge is 0.456 e. The molecule has 1 heterocycles. The number of hydrogen-bond acceptors (Lipinski definition) is 1. The Balaban J connectivity index is 1.45. The smallest absolute Gasteiger partial charge is 0.136 e. The van der Waals surface area contributed by atoms with Crippen molar-refractivity contribution in [3.05, 3.63) is 145 Å². The third-order valence-electron chi connectivity index (χ3n) is 7.85. The van der Waals surface area contributed by atoms with Gasteiger partial charge in [0.25, 0.3) is 0 Å². The molecule has 0 saturated carbocycles. The van der Waals surface area contributed by atoms with Crippen LogP contribution >= 0.6 is 0 Å². The standard InChI is InChI=1S/C40H24O/c1-2-10-26-21-29(18-17-25(26)9-1)39-31-13-5-7-15-33(31)40(34-16-8-6-14-32(34)39)30-19-20-37-35(23-30)36-22-27-11-3-4-12-28(27)24-38(36)41-37/h1-24H/i3D,4D,11D,12D,19D,20D,22D,23D,24D. The second-order valence-electron chi connectivity index (χ2n) is 10.2. The van der Waals surface area contributed by atoms with Crippen LogP contribution in [0.4, 0.5) is 0 Å². The van der Waals surface area contributed by atoms with Crippen LogP contribution in [-0.2, 0) is 0 Å². The number of rotatable bonds is 2. The van der Waals surface area contributed by atoms with Gasteiger partial charge < -0.3 is 4.42 Å². The summed E-state index contributed by atoms with van der Waals surface area (Å²) >= 11 is 0. The average molecular weight is 530 g/mol. The van der Waals surface area contributed by atoms with E-state index in [1.807, 2.05) is 60.7 Å². The van der Waals surface area contributed by atoms with E-state index >= 15 is 0 Å². The molecule has 41 heavy (non-hydrogen) atoms. The Hall–Kier alpha value is -5.40. The first-order valence-corrected chi connectivity index (χ1v) is 13.4. The molecule has 0 aliphatic rings. The molecule has 0 saturated heterocycles. The summed E-state index contributed by atoms with van der Waals surface area (Å²) in [5, 5.41) is 5.29. The molecule has 1 heteroatoms. The maximum absolute atomic E-state index is 9.66. The monoisotopic (exact) mass is 529 g/mol. The number of benzene rings is 8. The molecule has 1 aromatic heterocycles. The second-order valence-corrected chi connectivity index (χ2v) is 10.2. The lowest BCUT2D eigenvalue weighted by molar-refractivity contribution is 0.669. The van der Waals surface area contributed by atoms with Crippen molar-refractivity contribution in [1.29, 1.82) is 0 Å². The van der Waals surface area contributed by atoms with Crippen LogP contribution in [-0.4, -0.2) is 0 Å². The van der Waals surface area contributed by atoms with E-state index in [9.17, 15) is 4.11 Å². The summed E-state index contributed by atoms with van der Waals surface area (Å²) < 4.78 is 85.7. The molecule has 0 N–H and O–H groups in total. The summed E-state index contributed by atoms with van der Waals surface area (Å²) in [5.41, 5.74) is 2.45. The van der Waals surface area contributed by atoms with Crippen LogP contribution in [0.5, 0.6) is 0 Å². The van der Waals surface area contributed by atoms with Crippen LogP contribution in [0.1, 0.15) is 12.3 Å². The van der Waals surface area contributed by atoms with Crippen LogP contribution in [0.2, 0.25) is 0 Å². The highest BCUT2D eigenvalue weighted by Crippen LogP contribution is 2.45. The predicted molar refractivity (Wildman–Crippen MR) is 175 cm³/mol. The molecular weight excluding hydrogens is 496 g/mol. The zero-order valence-electron chi connectivity index (χ0n) is 30.6. The van der Waals surface area contributed by atoms with Gasteiger partial charge in [0.1, 0.15) is 11.2 Å². The fraction of sp³-hybridized carbons (Fsp3) is 0. The van der Waals surface area contributed by atoms with E-state index in [-0.39, 0.29) is 68.5 Å². The first-order chi connectivity index (χ1) is 24.1. The zero-order chi connectivity index (χ0) is 34.7. The maximum Gasteiger partial charge on any atom is 0.136 e. The number of fused-ring (bicyclic) bond motifs is 7. The van der Waals surface area contributed by atoms with Gasteiger partial charge in [-0.3, -0.25) is 0 Å². The fourth-order valence-electron chi connectivity index (χ4n) is 6.04. The minimum Gasteiger partial charge on any atom is -0.456 e. The normalized spacial score (nSPS) is 15.0. The molecule has 9 aromatic rings.